The fourth-order valence-electron chi connectivity index (χ4n) is 2.35. The highest BCUT2D eigenvalue weighted by Crippen LogP contribution is 2.40. The van der Waals surface area contributed by atoms with Crippen LogP contribution in [0, 0.1) is 0 Å². The normalized spacial score (nSPS) is 24.1. The number of benzene rings is 1. The van der Waals surface area contributed by atoms with Crippen molar-refractivity contribution >= 4 is 17.5 Å². The zero-order valence-electron chi connectivity index (χ0n) is 10.4. The van der Waals surface area contributed by atoms with E-state index in [4.69, 9.17) is 21.3 Å². The maximum atomic E-state index is 5.99. The third kappa shape index (κ3) is 2.22. The topological polar surface area (TPSA) is 24.9 Å². The number of para-hydroxylation sites is 1. The Balaban J connectivity index is 1.88. The molecular weight excluding hydrogens is 252 g/mol. The van der Waals surface area contributed by atoms with Crippen LogP contribution in [0.25, 0.3) is 0 Å². The molecule has 18 heavy (non-hydrogen) atoms. The van der Waals surface area contributed by atoms with Crippen LogP contribution in [0.2, 0.25) is 0 Å². The average Bonchev–Trinajstić information content (AvgIpc) is 2.39. The second-order valence-electron chi connectivity index (χ2n) is 4.74. The summed E-state index contributed by atoms with van der Waals surface area (Å²) in [5.74, 6) is 1.72. The van der Waals surface area contributed by atoms with Gasteiger partial charge >= 0.3 is 0 Å². The molecule has 0 bridgehead atoms. The summed E-state index contributed by atoms with van der Waals surface area (Å²) in [6, 6.07) is 6.06. The maximum absolute atomic E-state index is 5.99. The standard InChI is InChI=1S/C13H17ClN2O2/c1-10-9-17-12-4-2-3-11(13(12)18-10)15-5-7-16(14)8-6-15/h2-4,10H,5-9H2,1H3. The van der Waals surface area contributed by atoms with E-state index >= 15 is 0 Å². The Morgan fingerprint density at radius 3 is 2.78 bits per heavy atom. The van der Waals surface area contributed by atoms with Gasteiger partial charge in [-0.15, -0.1) is 0 Å². The van der Waals surface area contributed by atoms with E-state index in [-0.39, 0.29) is 6.10 Å². The first-order valence-corrected chi connectivity index (χ1v) is 6.66. The van der Waals surface area contributed by atoms with E-state index in [2.05, 4.69) is 11.0 Å². The van der Waals surface area contributed by atoms with Gasteiger partial charge in [-0.05, 0) is 30.8 Å². The molecule has 0 N–H and O–H groups in total. The van der Waals surface area contributed by atoms with Crippen molar-refractivity contribution in [2.24, 2.45) is 0 Å². The molecule has 0 saturated carbocycles. The van der Waals surface area contributed by atoms with Crippen LogP contribution < -0.4 is 14.4 Å². The minimum Gasteiger partial charge on any atom is -0.486 e. The highest BCUT2D eigenvalue weighted by Gasteiger charge is 2.25. The molecular formula is C13H17ClN2O2. The fraction of sp³-hybridized carbons (Fsp3) is 0.538. The third-order valence-electron chi connectivity index (χ3n) is 3.32. The summed E-state index contributed by atoms with van der Waals surface area (Å²) in [5, 5.41) is 0. The third-order valence-corrected chi connectivity index (χ3v) is 3.65. The lowest BCUT2D eigenvalue weighted by molar-refractivity contribution is 0.104. The van der Waals surface area contributed by atoms with Gasteiger partial charge in [-0.2, -0.15) is 0 Å². The first-order valence-electron chi connectivity index (χ1n) is 6.32. The summed E-state index contributed by atoms with van der Waals surface area (Å²) in [6.07, 6.45) is 0.105. The predicted octanol–water partition coefficient (Wildman–Crippen LogP) is 2.12. The molecule has 1 fully saturated rings. The van der Waals surface area contributed by atoms with E-state index in [0.717, 1.165) is 43.4 Å². The van der Waals surface area contributed by atoms with E-state index in [0.29, 0.717) is 6.61 Å². The Morgan fingerprint density at radius 2 is 2.00 bits per heavy atom. The monoisotopic (exact) mass is 268 g/mol. The molecule has 0 aliphatic carbocycles. The Bertz CT molecular complexity index is 433. The van der Waals surface area contributed by atoms with Gasteiger partial charge in [-0.25, -0.2) is 4.42 Å². The molecule has 0 radical (unpaired) electrons. The lowest BCUT2D eigenvalue weighted by atomic mass is 10.2. The molecule has 4 nitrogen and oxygen atoms in total. The van der Waals surface area contributed by atoms with Crippen LogP contribution in [-0.2, 0) is 0 Å². The Labute approximate surface area is 112 Å². The summed E-state index contributed by atoms with van der Waals surface area (Å²) in [4.78, 5) is 2.30. The van der Waals surface area contributed by atoms with Crippen molar-refractivity contribution in [2.75, 3.05) is 37.7 Å². The van der Waals surface area contributed by atoms with Crippen LogP contribution >= 0.6 is 11.8 Å². The molecule has 0 spiro atoms. The molecule has 2 aliphatic heterocycles. The van der Waals surface area contributed by atoms with Crippen molar-refractivity contribution in [3.63, 3.8) is 0 Å². The SMILES string of the molecule is CC1COc2cccc(N3CCN(Cl)CC3)c2O1. The number of hydrogen-bond donors (Lipinski definition) is 0. The van der Waals surface area contributed by atoms with Gasteiger partial charge in [0.25, 0.3) is 0 Å². The van der Waals surface area contributed by atoms with E-state index < -0.39 is 0 Å². The number of fused-ring (bicyclic) bond motifs is 1. The number of hydrogen-bond acceptors (Lipinski definition) is 4. The van der Waals surface area contributed by atoms with Gasteiger partial charge in [0.2, 0.25) is 0 Å². The molecule has 1 aromatic carbocycles. The maximum Gasteiger partial charge on any atom is 0.185 e. The molecule has 1 saturated heterocycles. The lowest BCUT2D eigenvalue weighted by Gasteiger charge is -2.35. The van der Waals surface area contributed by atoms with Crippen LogP contribution in [0.15, 0.2) is 18.2 Å². The molecule has 1 unspecified atom stereocenters. The van der Waals surface area contributed by atoms with Gasteiger partial charge in [0.15, 0.2) is 11.5 Å². The molecule has 98 valence electrons. The van der Waals surface area contributed by atoms with Crippen LogP contribution in [0.3, 0.4) is 0 Å². The highest BCUT2D eigenvalue weighted by atomic mass is 35.5. The number of rotatable bonds is 1. The van der Waals surface area contributed by atoms with Gasteiger partial charge in [-0.1, -0.05) is 6.07 Å². The number of nitrogens with zero attached hydrogens (tertiary/aromatic N) is 2. The largest absolute Gasteiger partial charge is 0.486 e. The van der Waals surface area contributed by atoms with Crippen LogP contribution in [0.1, 0.15) is 6.92 Å². The van der Waals surface area contributed by atoms with Crippen molar-refractivity contribution in [1.82, 2.24) is 4.42 Å². The average molecular weight is 269 g/mol. The van der Waals surface area contributed by atoms with E-state index in [9.17, 15) is 0 Å². The number of anilines is 1. The van der Waals surface area contributed by atoms with Crippen molar-refractivity contribution in [3.8, 4) is 11.5 Å². The van der Waals surface area contributed by atoms with Crippen molar-refractivity contribution < 1.29 is 9.47 Å². The second kappa shape index (κ2) is 4.86. The first-order chi connectivity index (χ1) is 8.74. The number of piperazine rings is 1. The van der Waals surface area contributed by atoms with Crippen LogP contribution in [0.5, 0.6) is 11.5 Å². The Morgan fingerprint density at radius 1 is 1.22 bits per heavy atom. The summed E-state index contributed by atoms with van der Waals surface area (Å²) in [6.45, 7) is 6.20. The molecule has 3 rings (SSSR count). The van der Waals surface area contributed by atoms with E-state index in [1.54, 1.807) is 0 Å². The van der Waals surface area contributed by atoms with Crippen molar-refractivity contribution in [2.45, 2.75) is 13.0 Å². The van der Waals surface area contributed by atoms with Gasteiger partial charge in [0.1, 0.15) is 12.7 Å². The van der Waals surface area contributed by atoms with Gasteiger partial charge in [-0.3, -0.25) is 0 Å². The first kappa shape index (κ1) is 11.9. The molecule has 2 aliphatic rings. The number of halogens is 1. The lowest BCUT2D eigenvalue weighted by Crippen LogP contribution is -2.43. The van der Waals surface area contributed by atoms with Crippen molar-refractivity contribution in [1.29, 1.82) is 0 Å². The van der Waals surface area contributed by atoms with E-state index in [1.165, 1.54) is 0 Å². The molecule has 0 amide bonds. The zero-order valence-corrected chi connectivity index (χ0v) is 11.2. The van der Waals surface area contributed by atoms with Crippen LogP contribution in [0.4, 0.5) is 5.69 Å². The summed E-state index contributed by atoms with van der Waals surface area (Å²) >= 11 is 5.99. The molecule has 1 atom stereocenters. The van der Waals surface area contributed by atoms with Crippen LogP contribution in [-0.4, -0.2) is 43.3 Å². The van der Waals surface area contributed by atoms with Gasteiger partial charge < -0.3 is 14.4 Å². The minimum atomic E-state index is 0.105. The molecule has 0 aromatic heterocycles. The Hall–Kier alpha value is -1.13. The van der Waals surface area contributed by atoms with Gasteiger partial charge in [0, 0.05) is 26.2 Å². The molecule has 5 heteroatoms. The summed E-state index contributed by atoms with van der Waals surface area (Å²) in [5.41, 5.74) is 1.11. The summed E-state index contributed by atoms with van der Waals surface area (Å²) in [7, 11) is 0. The predicted molar refractivity (Wildman–Crippen MR) is 71.7 cm³/mol. The smallest absolute Gasteiger partial charge is 0.185 e. The van der Waals surface area contributed by atoms with Gasteiger partial charge in [0.05, 0.1) is 5.69 Å². The summed E-state index contributed by atoms with van der Waals surface area (Å²) < 4.78 is 13.5. The fourth-order valence-corrected chi connectivity index (χ4v) is 2.50. The van der Waals surface area contributed by atoms with E-state index in [1.807, 2.05) is 23.5 Å². The highest BCUT2D eigenvalue weighted by molar-refractivity contribution is 6.13. The second-order valence-corrected chi connectivity index (χ2v) is 5.22. The quantitative estimate of drug-likeness (QED) is 0.729. The Kier molecular flexibility index (Phi) is 3.22. The minimum absolute atomic E-state index is 0.105. The molecule has 1 aromatic rings. The number of ether oxygens (including phenoxy) is 2. The zero-order chi connectivity index (χ0) is 12.5. The van der Waals surface area contributed by atoms with Crippen molar-refractivity contribution in [3.05, 3.63) is 18.2 Å². The molecule has 2 heterocycles.